The van der Waals surface area contributed by atoms with Crippen LogP contribution in [0.3, 0.4) is 0 Å². The minimum Gasteiger partial charge on any atom is -0.382 e. The van der Waals surface area contributed by atoms with Gasteiger partial charge in [-0.3, -0.25) is 14.1 Å². The van der Waals surface area contributed by atoms with Crippen molar-refractivity contribution < 1.29 is 0 Å². The van der Waals surface area contributed by atoms with E-state index in [0.717, 1.165) is 60.3 Å². The second-order valence-corrected chi connectivity index (χ2v) is 9.28. The molecule has 0 fully saturated rings. The van der Waals surface area contributed by atoms with Crippen molar-refractivity contribution in [2.75, 3.05) is 0 Å². The van der Waals surface area contributed by atoms with Crippen molar-refractivity contribution in [2.45, 2.75) is 59.4 Å². The largest absolute Gasteiger partial charge is 0.382 e. The van der Waals surface area contributed by atoms with Crippen molar-refractivity contribution in [3.63, 3.8) is 0 Å². The van der Waals surface area contributed by atoms with Gasteiger partial charge in [0.1, 0.15) is 0 Å². The van der Waals surface area contributed by atoms with Crippen molar-refractivity contribution >= 4 is 5.84 Å². The van der Waals surface area contributed by atoms with Crippen molar-refractivity contribution in [3.05, 3.63) is 105 Å². The fourth-order valence-electron chi connectivity index (χ4n) is 4.84. The number of nitrogens with zero attached hydrogens (tertiary/aromatic N) is 5. The number of aromatic nitrogens is 3. The molecule has 8 heteroatoms. The molecule has 0 bridgehead atoms. The molecule has 0 aliphatic rings. The molecule has 3 N–H and O–H groups in total. The summed E-state index contributed by atoms with van der Waals surface area (Å²) in [6.07, 6.45) is 8.48. The lowest BCUT2D eigenvalue weighted by atomic mass is 10.0. The summed E-state index contributed by atoms with van der Waals surface area (Å²) in [7, 11) is 0. The van der Waals surface area contributed by atoms with Gasteiger partial charge in [-0.2, -0.15) is 5.53 Å². The van der Waals surface area contributed by atoms with Crippen LogP contribution in [-0.4, -0.2) is 20.0 Å². The van der Waals surface area contributed by atoms with Crippen LogP contribution in [0.2, 0.25) is 0 Å². The topological polar surface area (TPSA) is 114 Å². The molecule has 2 aromatic heterocycles. The number of nitrogens with one attached hydrogen (secondary N) is 1. The first-order chi connectivity index (χ1) is 18.5. The van der Waals surface area contributed by atoms with Gasteiger partial charge in [0.05, 0.1) is 17.9 Å². The molecule has 0 spiro atoms. The highest BCUT2D eigenvalue weighted by molar-refractivity contribution is 6.02. The molecule has 0 saturated carbocycles. The van der Waals surface area contributed by atoms with Gasteiger partial charge in [-0.25, -0.2) is 4.79 Å². The molecule has 4 aromatic rings. The van der Waals surface area contributed by atoms with Crippen LogP contribution < -0.4 is 11.4 Å². The third-order valence-electron chi connectivity index (χ3n) is 6.86. The summed E-state index contributed by atoms with van der Waals surface area (Å²) < 4.78 is 3.73. The van der Waals surface area contributed by atoms with Crippen molar-refractivity contribution in [3.8, 4) is 16.9 Å². The summed E-state index contributed by atoms with van der Waals surface area (Å²) in [5.41, 5.74) is 20.5. The lowest BCUT2D eigenvalue weighted by Crippen LogP contribution is -2.26. The van der Waals surface area contributed by atoms with E-state index in [1.807, 2.05) is 51.7 Å². The average Bonchev–Trinajstić information content (AvgIpc) is 3.25. The fraction of sp³-hybridized carbons (Fsp3) is 0.300. The number of nitrogens with two attached hydrogens (primary N) is 1. The van der Waals surface area contributed by atoms with E-state index in [0.29, 0.717) is 12.1 Å². The number of para-hydroxylation sites is 1. The van der Waals surface area contributed by atoms with Gasteiger partial charge in [-0.15, -0.1) is 5.10 Å². The van der Waals surface area contributed by atoms with E-state index in [4.69, 9.17) is 11.3 Å². The van der Waals surface area contributed by atoms with Gasteiger partial charge in [0.2, 0.25) is 0 Å². The second-order valence-electron chi connectivity index (χ2n) is 9.28. The zero-order valence-electron chi connectivity index (χ0n) is 22.3. The first kappa shape index (κ1) is 26.7. The van der Waals surface area contributed by atoms with Crippen LogP contribution in [0, 0.1) is 5.53 Å². The van der Waals surface area contributed by atoms with E-state index in [2.05, 4.69) is 54.3 Å². The summed E-state index contributed by atoms with van der Waals surface area (Å²) in [6.45, 7) is 6.86. The highest BCUT2D eigenvalue weighted by Gasteiger charge is 2.17. The standard InChI is InChI=1S/C30H35N7O/c1-4-7-13-24-20-37(28-22(5-2)11-10-12-23(28)6-3)30(38)36(24)19-21-16-17-27(33-18-21)25-14-8-9-15-26(25)29(31)34-35-32/h8-12,14-18,20H,4-7,13,19H2,1-3H3,(H3,31,32,34). The number of aryl methyl sites for hydroxylation is 3. The van der Waals surface area contributed by atoms with Gasteiger partial charge in [0.25, 0.3) is 0 Å². The Morgan fingerprint density at radius 1 is 1.00 bits per heavy atom. The number of imidazole rings is 1. The van der Waals surface area contributed by atoms with Crippen LogP contribution in [0.5, 0.6) is 0 Å². The Kier molecular flexibility index (Phi) is 8.63. The van der Waals surface area contributed by atoms with Gasteiger partial charge in [-0.05, 0) is 48.4 Å². The molecule has 0 atom stereocenters. The minimum absolute atomic E-state index is 0.0238. The molecule has 0 unspecified atom stereocenters. The summed E-state index contributed by atoms with van der Waals surface area (Å²) in [5.74, 6) is 0.161. The van der Waals surface area contributed by atoms with Gasteiger partial charge >= 0.3 is 5.69 Å². The Morgan fingerprint density at radius 3 is 2.37 bits per heavy atom. The predicted molar refractivity (Wildman–Crippen MR) is 152 cm³/mol. The fourth-order valence-corrected chi connectivity index (χ4v) is 4.84. The van der Waals surface area contributed by atoms with Crippen LogP contribution in [0.25, 0.3) is 16.9 Å². The molecule has 4 rings (SSSR count). The average molecular weight is 510 g/mol. The molecule has 2 aromatic carbocycles. The Hall–Kier alpha value is -4.33. The van der Waals surface area contributed by atoms with E-state index in [1.54, 1.807) is 6.20 Å². The van der Waals surface area contributed by atoms with Gasteiger partial charge in [0.15, 0.2) is 5.84 Å². The number of hydrogen-bond donors (Lipinski definition) is 2. The molecular formula is C30H35N7O. The van der Waals surface area contributed by atoms with E-state index in [-0.39, 0.29) is 11.5 Å². The quantitative estimate of drug-likeness (QED) is 0.114. The van der Waals surface area contributed by atoms with Crippen LogP contribution in [-0.2, 0) is 25.8 Å². The first-order valence-corrected chi connectivity index (χ1v) is 13.2. The summed E-state index contributed by atoms with van der Waals surface area (Å²) >= 11 is 0. The highest BCUT2D eigenvalue weighted by atomic mass is 16.1. The maximum atomic E-state index is 13.8. The van der Waals surface area contributed by atoms with Crippen LogP contribution in [0.15, 0.2) is 82.1 Å². The van der Waals surface area contributed by atoms with Crippen molar-refractivity contribution in [1.82, 2.24) is 14.1 Å². The van der Waals surface area contributed by atoms with Crippen LogP contribution in [0.4, 0.5) is 0 Å². The SMILES string of the molecule is CCCCc1cn(-c2c(CC)cccc2CC)c(=O)n1Cc1ccc(-c2ccccc2/C(N)=N/N=N)nc1. The number of rotatable bonds is 11. The van der Waals surface area contributed by atoms with Crippen molar-refractivity contribution in [2.24, 2.45) is 16.1 Å². The number of benzene rings is 2. The van der Waals surface area contributed by atoms with E-state index in [9.17, 15) is 4.79 Å². The molecule has 38 heavy (non-hydrogen) atoms. The zero-order chi connectivity index (χ0) is 27.1. The molecular weight excluding hydrogens is 474 g/mol. The molecule has 0 aliphatic carbocycles. The molecule has 196 valence electrons. The number of amidine groups is 1. The first-order valence-electron chi connectivity index (χ1n) is 13.2. The Balaban J connectivity index is 1.72. The lowest BCUT2D eigenvalue weighted by molar-refractivity contribution is 0.672. The number of pyridine rings is 1. The molecule has 0 radical (unpaired) electrons. The zero-order valence-corrected chi connectivity index (χ0v) is 22.3. The van der Waals surface area contributed by atoms with Crippen LogP contribution >= 0.6 is 0 Å². The molecule has 2 heterocycles. The molecule has 0 amide bonds. The third kappa shape index (κ3) is 5.49. The normalized spacial score (nSPS) is 11.6. The van der Waals surface area contributed by atoms with E-state index >= 15 is 0 Å². The number of hydrogen-bond acceptors (Lipinski definition) is 4. The van der Waals surface area contributed by atoms with Gasteiger partial charge in [-0.1, -0.05) is 80.9 Å². The maximum Gasteiger partial charge on any atom is 0.333 e. The number of unbranched alkanes of at least 4 members (excludes halogenated alkanes) is 1. The second kappa shape index (κ2) is 12.3. The van der Waals surface area contributed by atoms with Crippen molar-refractivity contribution in [1.29, 1.82) is 5.53 Å². The van der Waals surface area contributed by atoms with Gasteiger partial charge < -0.3 is 5.73 Å². The third-order valence-corrected chi connectivity index (χ3v) is 6.86. The Morgan fingerprint density at radius 2 is 1.74 bits per heavy atom. The highest BCUT2D eigenvalue weighted by Crippen LogP contribution is 2.24. The van der Waals surface area contributed by atoms with Gasteiger partial charge in [0, 0.05) is 29.2 Å². The minimum atomic E-state index is -0.0238. The lowest BCUT2D eigenvalue weighted by Gasteiger charge is -2.13. The van der Waals surface area contributed by atoms with E-state index in [1.165, 1.54) is 11.1 Å². The summed E-state index contributed by atoms with van der Waals surface area (Å²) in [4.78, 5) is 18.5. The Labute approximate surface area is 223 Å². The summed E-state index contributed by atoms with van der Waals surface area (Å²) in [6, 6.07) is 17.7. The molecule has 8 nitrogen and oxygen atoms in total. The monoisotopic (exact) mass is 509 g/mol. The smallest absolute Gasteiger partial charge is 0.333 e. The maximum absolute atomic E-state index is 13.8. The molecule has 0 aliphatic heterocycles. The molecule has 0 saturated heterocycles. The Bertz CT molecular complexity index is 1470. The predicted octanol–water partition coefficient (Wildman–Crippen LogP) is 5.87. The summed E-state index contributed by atoms with van der Waals surface area (Å²) in [5, 5.41) is 6.72. The van der Waals surface area contributed by atoms with Crippen LogP contribution in [0.1, 0.15) is 61.6 Å². The van der Waals surface area contributed by atoms with E-state index < -0.39 is 0 Å².